The number of nitrogens with zero attached hydrogens (tertiary/aromatic N) is 1. The van der Waals surface area contributed by atoms with Crippen LogP contribution in [0.5, 0.6) is 5.75 Å². The molecular formula is C22H35NO2. The molecule has 0 bridgehead atoms. The smallest absolute Gasteiger partial charge is 0.119 e. The molecule has 25 heavy (non-hydrogen) atoms. The van der Waals surface area contributed by atoms with E-state index in [0.29, 0.717) is 12.5 Å². The van der Waals surface area contributed by atoms with Gasteiger partial charge < -0.3 is 14.7 Å². The fraction of sp³-hybridized carbons (Fsp3) is 0.727. The number of benzene rings is 1. The first-order valence-electron chi connectivity index (χ1n) is 10.4. The van der Waals surface area contributed by atoms with Crippen molar-refractivity contribution in [1.29, 1.82) is 0 Å². The number of aliphatic hydroxyl groups is 1. The van der Waals surface area contributed by atoms with E-state index in [0.717, 1.165) is 37.1 Å². The molecule has 1 unspecified atom stereocenters. The first kappa shape index (κ1) is 18.7. The molecule has 1 aromatic carbocycles. The van der Waals surface area contributed by atoms with Crippen molar-refractivity contribution in [1.82, 2.24) is 4.90 Å². The second-order valence-electron chi connectivity index (χ2n) is 7.87. The third kappa shape index (κ3) is 4.77. The molecule has 0 amide bonds. The van der Waals surface area contributed by atoms with Crippen molar-refractivity contribution in [3.63, 3.8) is 0 Å². The van der Waals surface area contributed by atoms with Gasteiger partial charge in [-0.25, -0.2) is 0 Å². The molecule has 1 atom stereocenters. The van der Waals surface area contributed by atoms with Crippen molar-refractivity contribution in [2.75, 3.05) is 26.2 Å². The second-order valence-corrected chi connectivity index (χ2v) is 7.87. The molecule has 0 spiro atoms. The minimum atomic E-state index is -0.692. The van der Waals surface area contributed by atoms with Crippen LogP contribution in [0.1, 0.15) is 70.3 Å². The normalized spacial score (nSPS) is 22.5. The summed E-state index contributed by atoms with van der Waals surface area (Å²) in [6.07, 6.45) is 11.0. The van der Waals surface area contributed by atoms with Gasteiger partial charge in [-0.2, -0.15) is 0 Å². The highest BCUT2D eigenvalue weighted by atomic mass is 16.5. The van der Waals surface area contributed by atoms with Crippen molar-refractivity contribution in [3.8, 4) is 5.75 Å². The monoisotopic (exact) mass is 345 g/mol. The third-order valence-electron chi connectivity index (χ3n) is 6.20. The predicted molar refractivity (Wildman–Crippen MR) is 103 cm³/mol. The summed E-state index contributed by atoms with van der Waals surface area (Å²) in [5.74, 6) is 1.29. The van der Waals surface area contributed by atoms with E-state index in [1.54, 1.807) is 0 Å². The molecule has 140 valence electrons. The molecule has 0 radical (unpaired) electrons. The maximum Gasteiger partial charge on any atom is 0.119 e. The van der Waals surface area contributed by atoms with E-state index in [2.05, 4.69) is 17.0 Å². The molecule has 1 aliphatic carbocycles. The number of piperidine rings is 1. The van der Waals surface area contributed by atoms with Gasteiger partial charge in [0.15, 0.2) is 0 Å². The Morgan fingerprint density at radius 1 is 1.00 bits per heavy atom. The first-order chi connectivity index (χ1) is 12.2. The van der Waals surface area contributed by atoms with Crippen LogP contribution in [0.2, 0.25) is 0 Å². The van der Waals surface area contributed by atoms with Gasteiger partial charge >= 0.3 is 0 Å². The number of hydrogen-bond donors (Lipinski definition) is 1. The summed E-state index contributed by atoms with van der Waals surface area (Å²) >= 11 is 0. The van der Waals surface area contributed by atoms with E-state index in [1.807, 2.05) is 19.1 Å². The van der Waals surface area contributed by atoms with Gasteiger partial charge in [0.25, 0.3) is 0 Å². The summed E-state index contributed by atoms with van der Waals surface area (Å²) in [6, 6.07) is 8.23. The summed E-state index contributed by atoms with van der Waals surface area (Å²) in [6.45, 7) is 6.10. The van der Waals surface area contributed by atoms with Crippen molar-refractivity contribution >= 4 is 0 Å². The average molecular weight is 346 g/mol. The average Bonchev–Trinajstić information content (AvgIpc) is 2.68. The zero-order valence-electron chi connectivity index (χ0n) is 15.9. The topological polar surface area (TPSA) is 32.7 Å². The van der Waals surface area contributed by atoms with Gasteiger partial charge in [0.05, 0.1) is 12.2 Å². The predicted octanol–water partition coefficient (Wildman–Crippen LogP) is 4.73. The van der Waals surface area contributed by atoms with Crippen molar-refractivity contribution in [3.05, 3.63) is 29.8 Å². The van der Waals surface area contributed by atoms with E-state index < -0.39 is 5.60 Å². The Morgan fingerprint density at radius 2 is 1.64 bits per heavy atom. The van der Waals surface area contributed by atoms with Gasteiger partial charge in [-0.15, -0.1) is 0 Å². The van der Waals surface area contributed by atoms with Gasteiger partial charge in [0, 0.05) is 6.54 Å². The summed E-state index contributed by atoms with van der Waals surface area (Å²) < 4.78 is 5.58. The van der Waals surface area contributed by atoms with Gasteiger partial charge in [-0.1, -0.05) is 37.8 Å². The molecule has 1 aliphatic heterocycles. The second kappa shape index (κ2) is 9.05. The quantitative estimate of drug-likeness (QED) is 0.775. The molecule has 3 rings (SSSR count). The Hall–Kier alpha value is -1.06. The molecule has 3 heteroatoms. The zero-order chi connectivity index (χ0) is 17.5. The van der Waals surface area contributed by atoms with Crippen molar-refractivity contribution in [2.24, 2.45) is 5.92 Å². The summed E-state index contributed by atoms with van der Waals surface area (Å²) in [5, 5.41) is 11.8. The fourth-order valence-electron chi connectivity index (χ4n) is 4.68. The molecule has 1 saturated heterocycles. The van der Waals surface area contributed by atoms with Crippen molar-refractivity contribution < 1.29 is 9.84 Å². The highest BCUT2D eigenvalue weighted by Crippen LogP contribution is 2.42. The van der Waals surface area contributed by atoms with Gasteiger partial charge in [0.1, 0.15) is 5.75 Å². The van der Waals surface area contributed by atoms with E-state index in [-0.39, 0.29) is 0 Å². The lowest BCUT2D eigenvalue weighted by atomic mass is 9.71. The summed E-state index contributed by atoms with van der Waals surface area (Å²) in [7, 11) is 0. The molecule has 1 heterocycles. The minimum absolute atomic E-state index is 0.393. The Labute approximate surface area is 153 Å². The fourth-order valence-corrected chi connectivity index (χ4v) is 4.68. The van der Waals surface area contributed by atoms with Crippen LogP contribution in [0, 0.1) is 5.92 Å². The number of likely N-dealkylation sites (tertiary alicyclic amines) is 1. The minimum Gasteiger partial charge on any atom is -0.494 e. The Kier molecular flexibility index (Phi) is 6.77. The molecule has 2 aliphatic rings. The standard InChI is InChI=1S/C22H35NO2/c1-2-25-21-13-11-20(12-14-21)22(24,19-9-5-3-6-10-19)15-18-23-16-7-4-8-17-23/h11-14,19,24H,2-10,15-18H2,1H3. The maximum absolute atomic E-state index is 11.8. The van der Waals surface area contributed by atoms with Crippen LogP contribution < -0.4 is 4.74 Å². The summed E-state index contributed by atoms with van der Waals surface area (Å²) in [4.78, 5) is 2.55. The molecular weight excluding hydrogens is 310 g/mol. The number of rotatable bonds is 7. The first-order valence-corrected chi connectivity index (χ1v) is 10.4. The van der Waals surface area contributed by atoms with E-state index in [4.69, 9.17) is 4.74 Å². The molecule has 1 N–H and O–H groups in total. The van der Waals surface area contributed by atoms with Gasteiger partial charge in [-0.05, 0) is 75.7 Å². The van der Waals surface area contributed by atoms with Gasteiger partial charge in [-0.3, -0.25) is 0 Å². The number of hydrogen-bond acceptors (Lipinski definition) is 3. The lowest BCUT2D eigenvalue weighted by Gasteiger charge is -2.41. The molecule has 1 aromatic rings. The van der Waals surface area contributed by atoms with Crippen LogP contribution >= 0.6 is 0 Å². The molecule has 1 saturated carbocycles. The molecule has 2 fully saturated rings. The lowest BCUT2D eigenvalue weighted by molar-refractivity contribution is -0.0529. The summed E-state index contributed by atoms with van der Waals surface area (Å²) in [5.41, 5.74) is 0.391. The Balaban J connectivity index is 1.74. The van der Waals surface area contributed by atoms with Gasteiger partial charge in [0.2, 0.25) is 0 Å². The SMILES string of the molecule is CCOc1ccc(C(O)(CCN2CCCCC2)C2CCCCC2)cc1. The van der Waals surface area contributed by atoms with E-state index in [9.17, 15) is 5.11 Å². The third-order valence-corrected chi connectivity index (χ3v) is 6.20. The Bertz CT molecular complexity index is 503. The van der Waals surface area contributed by atoms with Crippen LogP contribution in [-0.4, -0.2) is 36.2 Å². The maximum atomic E-state index is 11.8. The highest BCUT2D eigenvalue weighted by molar-refractivity contribution is 5.31. The Morgan fingerprint density at radius 3 is 2.28 bits per heavy atom. The van der Waals surface area contributed by atoms with Crippen LogP contribution in [0.3, 0.4) is 0 Å². The van der Waals surface area contributed by atoms with Crippen LogP contribution in [0.15, 0.2) is 24.3 Å². The van der Waals surface area contributed by atoms with E-state index in [1.165, 1.54) is 51.6 Å². The highest BCUT2D eigenvalue weighted by Gasteiger charge is 2.39. The number of ether oxygens (including phenoxy) is 1. The van der Waals surface area contributed by atoms with Crippen LogP contribution in [0.4, 0.5) is 0 Å². The van der Waals surface area contributed by atoms with Crippen LogP contribution in [0.25, 0.3) is 0 Å². The molecule has 0 aromatic heterocycles. The van der Waals surface area contributed by atoms with Crippen molar-refractivity contribution in [2.45, 2.75) is 70.3 Å². The van der Waals surface area contributed by atoms with Crippen LogP contribution in [-0.2, 0) is 5.60 Å². The van der Waals surface area contributed by atoms with E-state index >= 15 is 0 Å². The molecule has 3 nitrogen and oxygen atoms in total. The zero-order valence-corrected chi connectivity index (χ0v) is 15.9. The lowest BCUT2D eigenvalue weighted by Crippen LogP contribution is -2.41. The largest absolute Gasteiger partial charge is 0.494 e.